The molecule has 2 amide bonds. The number of nitro groups is 1. The van der Waals surface area contributed by atoms with E-state index in [0.29, 0.717) is 5.69 Å². The van der Waals surface area contributed by atoms with Crippen LogP contribution in [0.3, 0.4) is 0 Å². The summed E-state index contributed by atoms with van der Waals surface area (Å²) in [6.45, 7) is 0. The summed E-state index contributed by atoms with van der Waals surface area (Å²) in [7, 11) is 0. The number of carbonyl (C=O) groups excluding carboxylic acids is 1. The maximum absolute atomic E-state index is 11.7. The summed E-state index contributed by atoms with van der Waals surface area (Å²) >= 11 is 0. The van der Waals surface area contributed by atoms with Gasteiger partial charge in [-0.2, -0.15) is 5.26 Å². The number of rotatable bonds is 3. The second kappa shape index (κ2) is 6.07. The number of aromatic nitrogens is 2. The number of urea groups is 1. The van der Waals surface area contributed by atoms with Crippen molar-refractivity contribution in [3.8, 4) is 6.07 Å². The second-order valence-corrected chi connectivity index (χ2v) is 3.78. The van der Waals surface area contributed by atoms with E-state index in [4.69, 9.17) is 5.26 Å². The van der Waals surface area contributed by atoms with Gasteiger partial charge >= 0.3 is 6.03 Å². The van der Waals surface area contributed by atoms with Gasteiger partial charge in [0, 0.05) is 17.8 Å². The van der Waals surface area contributed by atoms with E-state index in [0.717, 1.165) is 0 Å². The van der Waals surface area contributed by atoms with Gasteiger partial charge in [-0.3, -0.25) is 15.4 Å². The molecule has 0 bridgehead atoms. The maximum Gasteiger partial charge on any atom is 0.324 e. The highest BCUT2D eigenvalue weighted by Gasteiger charge is 2.07. The molecule has 104 valence electrons. The molecule has 21 heavy (non-hydrogen) atoms. The van der Waals surface area contributed by atoms with Gasteiger partial charge in [0.15, 0.2) is 11.5 Å². The minimum absolute atomic E-state index is 0.0704. The molecule has 0 saturated heterocycles. The fourth-order valence-corrected chi connectivity index (χ4v) is 1.40. The largest absolute Gasteiger partial charge is 0.324 e. The number of carbonyl (C=O) groups is 1. The molecule has 9 heteroatoms. The van der Waals surface area contributed by atoms with Gasteiger partial charge in [-0.15, -0.1) is 0 Å². The van der Waals surface area contributed by atoms with Crippen LogP contribution in [-0.4, -0.2) is 20.9 Å². The van der Waals surface area contributed by atoms with E-state index >= 15 is 0 Å². The zero-order valence-corrected chi connectivity index (χ0v) is 10.5. The molecule has 0 aliphatic carbocycles. The van der Waals surface area contributed by atoms with Crippen molar-refractivity contribution in [2.24, 2.45) is 0 Å². The zero-order chi connectivity index (χ0) is 15.2. The van der Waals surface area contributed by atoms with E-state index in [9.17, 15) is 14.9 Å². The van der Waals surface area contributed by atoms with Crippen LogP contribution in [0.5, 0.6) is 0 Å². The average molecular weight is 284 g/mol. The van der Waals surface area contributed by atoms with Gasteiger partial charge < -0.3 is 5.32 Å². The predicted molar refractivity (Wildman–Crippen MR) is 72.5 cm³/mol. The predicted octanol–water partition coefficient (Wildman–Crippen LogP) is 1.90. The number of amides is 2. The highest BCUT2D eigenvalue weighted by Crippen LogP contribution is 2.15. The Balaban J connectivity index is 1.97. The zero-order valence-electron chi connectivity index (χ0n) is 10.5. The number of hydrogen-bond acceptors (Lipinski definition) is 6. The first-order valence-corrected chi connectivity index (χ1v) is 5.63. The number of hydrogen-bond donors (Lipinski definition) is 2. The molecule has 0 spiro atoms. The third-order valence-corrected chi connectivity index (χ3v) is 2.34. The number of benzene rings is 1. The first kappa shape index (κ1) is 13.9. The highest BCUT2D eigenvalue weighted by molar-refractivity contribution is 5.99. The quantitative estimate of drug-likeness (QED) is 0.653. The maximum atomic E-state index is 11.7. The molecule has 0 fully saturated rings. The Labute approximate surface area is 118 Å². The first-order chi connectivity index (χ1) is 10.1. The number of nitro benzene ring substituents is 1. The molecule has 0 radical (unpaired) electrons. The van der Waals surface area contributed by atoms with E-state index in [1.807, 2.05) is 0 Å². The Morgan fingerprint density at radius 2 is 1.90 bits per heavy atom. The molecule has 0 saturated carbocycles. The van der Waals surface area contributed by atoms with Gasteiger partial charge in [0.1, 0.15) is 6.07 Å². The molecule has 2 N–H and O–H groups in total. The van der Waals surface area contributed by atoms with Crippen molar-refractivity contribution in [1.29, 1.82) is 5.26 Å². The van der Waals surface area contributed by atoms with Crippen LogP contribution in [0.4, 0.5) is 22.0 Å². The summed E-state index contributed by atoms with van der Waals surface area (Å²) in [4.78, 5) is 29.2. The lowest BCUT2D eigenvalue weighted by Gasteiger charge is -2.06. The molecule has 2 rings (SSSR count). The molecule has 2 aromatic rings. The van der Waals surface area contributed by atoms with E-state index in [1.165, 1.54) is 36.7 Å². The van der Waals surface area contributed by atoms with Gasteiger partial charge in [0.05, 0.1) is 17.3 Å². The summed E-state index contributed by atoms with van der Waals surface area (Å²) in [6.07, 6.45) is 2.47. The smallest absolute Gasteiger partial charge is 0.308 e. The lowest BCUT2D eigenvalue weighted by Crippen LogP contribution is -2.20. The van der Waals surface area contributed by atoms with Crippen LogP contribution in [0, 0.1) is 21.4 Å². The molecule has 0 unspecified atom stereocenters. The minimum atomic E-state index is -0.581. The molecular weight excluding hydrogens is 276 g/mol. The van der Waals surface area contributed by atoms with Crippen molar-refractivity contribution in [3.05, 3.63) is 52.5 Å². The summed E-state index contributed by atoms with van der Waals surface area (Å²) in [5, 5.41) is 24.0. The molecule has 0 atom stereocenters. The van der Waals surface area contributed by atoms with Crippen LogP contribution in [0.2, 0.25) is 0 Å². The Morgan fingerprint density at radius 1 is 1.19 bits per heavy atom. The van der Waals surface area contributed by atoms with E-state index in [1.54, 1.807) is 6.07 Å². The fourth-order valence-electron chi connectivity index (χ4n) is 1.40. The second-order valence-electron chi connectivity index (χ2n) is 3.78. The Hall–Kier alpha value is -3.54. The van der Waals surface area contributed by atoms with Crippen molar-refractivity contribution in [1.82, 2.24) is 9.97 Å². The monoisotopic (exact) mass is 284 g/mol. The molecular formula is C12H8N6O3. The Kier molecular flexibility index (Phi) is 4.01. The first-order valence-electron chi connectivity index (χ1n) is 5.63. The number of anilines is 2. The summed E-state index contributed by atoms with van der Waals surface area (Å²) in [6, 6.07) is 6.58. The standard InChI is InChI=1S/C12H8N6O3/c13-5-9-6-15-11(7-14-9)17-12(19)16-8-1-3-10(4-2-8)18(20)21/h1-4,6-7H,(H2,15,16,17,19). The van der Waals surface area contributed by atoms with Crippen molar-refractivity contribution in [2.75, 3.05) is 10.6 Å². The number of non-ortho nitro benzene ring substituents is 1. The molecule has 1 aromatic heterocycles. The van der Waals surface area contributed by atoms with E-state index in [2.05, 4.69) is 20.6 Å². The number of nitriles is 1. The van der Waals surface area contributed by atoms with Crippen LogP contribution in [-0.2, 0) is 0 Å². The van der Waals surface area contributed by atoms with Gasteiger partial charge in [0.2, 0.25) is 0 Å². The topological polar surface area (TPSA) is 134 Å². The SMILES string of the molecule is N#Cc1cnc(NC(=O)Nc2ccc([N+](=O)[O-])cc2)cn1. The van der Waals surface area contributed by atoms with Crippen LogP contribution in [0.15, 0.2) is 36.7 Å². The van der Waals surface area contributed by atoms with Gasteiger partial charge in [0.25, 0.3) is 5.69 Å². The average Bonchev–Trinajstić information content (AvgIpc) is 2.48. The van der Waals surface area contributed by atoms with E-state index in [-0.39, 0.29) is 17.2 Å². The summed E-state index contributed by atoms with van der Waals surface area (Å²) in [5.74, 6) is 0.174. The van der Waals surface area contributed by atoms with Crippen molar-refractivity contribution < 1.29 is 9.72 Å². The molecule has 0 aliphatic rings. The number of nitrogens with zero attached hydrogens (tertiary/aromatic N) is 4. The van der Waals surface area contributed by atoms with Gasteiger partial charge in [-0.1, -0.05) is 0 Å². The minimum Gasteiger partial charge on any atom is -0.308 e. The summed E-state index contributed by atoms with van der Waals surface area (Å²) in [5.41, 5.74) is 0.454. The van der Waals surface area contributed by atoms with E-state index < -0.39 is 11.0 Å². The lowest BCUT2D eigenvalue weighted by atomic mass is 10.3. The van der Waals surface area contributed by atoms with Crippen LogP contribution >= 0.6 is 0 Å². The van der Waals surface area contributed by atoms with Gasteiger partial charge in [-0.25, -0.2) is 14.8 Å². The van der Waals surface area contributed by atoms with Crippen molar-refractivity contribution in [2.45, 2.75) is 0 Å². The van der Waals surface area contributed by atoms with Crippen LogP contribution in [0.1, 0.15) is 5.69 Å². The normalized spacial score (nSPS) is 9.48. The molecule has 1 aromatic carbocycles. The van der Waals surface area contributed by atoms with Crippen LogP contribution in [0.25, 0.3) is 0 Å². The number of nitrogens with one attached hydrogen (secondary N) is 2. The molecule has 0 aliphatic heterocycles. The summed E-state index contributed by atoms with van der Waals surface area (Å²) < 4.78 is 0. The third kappa shape index (κ3) is 3.71. The third-order valence-electron chi connectivity index (χ3n) is 2.34. The van der Waals surface area contributed by atoms with Crippen LogP contribution < -0.4 is 10.6 Å². The van der Waals surface area contributed by atoms with Crippen molar-refractivity contribution in [3.63, 3.8) is 0 Å². The van der Waals surface area contributed by atoms with Gasteiger partial charge in [-0.05, 0) is 12.1 Å². The fraction of sp³-hybridized carbons (Fsp3) is 0. The molecule has 1 heterocycles. The highest BCUT2D eigenvalue weighted by atomic mass is 16.6. The Bertz CT molecular complexity index is 705. The lowest BCUT2D eigenvalue weighted by molar-refractivity contribution is -0.384. The molecule has 9 nitrogen and oxygen atoms in total. The Morgan fingerprint density at radius 3 is 2.43 bits per heavy atom. The van der Waals surface area contributed by atoms with Crippen molar-refractivity contribution >= 4 is 23.2 Å².